The van der Waals surface area contributed by atoms with E-state index in [1.807, 2.05) is 0 Å². The highest BCUT2D eigenvalue weighted by molar-refractivity contribution is 6.33. The molecule has 0 bridgehead atoms. The van der Waals surface area contributed by atoms with E-state index in [1.54, 1.807) is 26.4 Å². The van der Waals surface area contributed by atoms with E-state index in [0.717, 1.165) is 0 Å². The molecule has 0 aliphatic heterocycles. The van der Waals surface area contributed by atoms with E-state index in [-0.39, 0.29) is 0 Å². The fourth-order valence-electron chi connectivity index (χ4n) is 0.870. The first-order chi connectivity index (χ1) is 5.69. The molecular weight excluding hydrogens is 178 g/mol. The van der Waals surface area contributed by atoms with E-state index in [9.17, 15) is 0 Å². The number of nitrogen functional groups attached to an aromatic ring is 1. The number of hydrogen-bond donors (Lipinski definition) is 1. The van der Waals surface area contributed by atoms with Crippen LogP contribution in [0.25, 0.3) is 0 Å². The zero-order valence-corrected chi connectivity index (χ0v) is 7.68. The molecule has 4 heteroatoms. The Morgan fingerprint density at radius 2 is 1.67 bits per heavy atom. The first kappa shape index (κ1) is 9.00. The molecule has 1 aromatic carbocycles. The Balaban J connectivity index is 3.19. The molecule has 2 N–H and O–H groups in total. The summed E-state index contributed by atoms with van der Waals surface area (Å²) in [6.07, 6.45) is 0. The Bertz CT molecular complexity index is 260. The average Bonchev–Trinajstić information content (AvgIpc) is 2.09. The molecule has 12 heavy (non-hydrogen) atoms. The second kappa shape index (κ2) is 3.54. The lowest BCUT2D eigenvalue weighted by atomic mass is 10.3. The smallest absolute Gasteiger partial charge is 0.162 e. The molecule has 0 amide bonds. The maximum atomic E-state index is 5.76. The number of nitrogens with two attached hydrogens (primary N) is 1. The molecule has 1 rings (SSSR count). The van der Waals surface area contributed by atoms with Gasteiger partial charge in [0.25, 0.3) is 0 Å². The van der Waals surface area contributed by atoms with Gasteiger partial charge in [0.05, 0.1) is 24.9 Å². The highest BCUT2D eigenvalue weighted by atomic mass is 35.5. The molecule has 66 valence electrons. The van der Waals surface area contributed by atoms with Crippen LogP contribution in [-0.4, -0.2) is 14.2 Å². The molecule has 0 radical (unpaired) electrons. The number of methoxy groups -OCH3 is 2. The van der Waals surface area contributed by atoms with E-state index < -0.39 is 0 Å². The van der Waals surface area contributed by atoms with Crippen LogP contribution in [0.1, 0.15) is 0 Å². The van der Waals surface area contributed by atoms with Crippen molar-refractivity contribution in [1.29, 1.82) is 0 Å². The zero-order chi connectivity index (χ0) is 9.14. The van der Waals surface area contributed by atoms with Crippen molar-refractivity contribution in [1.82, 2.24) is 0 Å². The summed E-state index contributed by atoms with van der Waals surface area (Å²) in [5.41, 5.74) is 6.03. The van der Waals surface area contributed by atoms with Gasteiger partial charge in [-0.1, -0.05) is 11.6 Å². The lowest BCUT2D eigenvalue weighted by molar-refractivity contribution is 0.355. The maximum absolute atomic E-state index is 5.76. The fourth-order valence-corrected chi connectivity index (χ4v) is 1.02. The predicted octanol–water partition coefficient (Wildman–Crippen LogP) is 1.94. The highest BCUT2D eigenvalue weighted by Crippen LogP contribution is 2.34. The minimum Gasteiger partial charge on any atom is -0.493 e. The van der Waals surface area contributed by atoms with Gasteiger partial charge in [-0.15, -0.1) is 0 Å². The van der Waals surface area contributed by atoms with Crippen molar-refractivity contribution in [2.24, 2.45) is 0 Å². The molecule has 3 nitrogen and oxygen atoms in total. The topological polar surface area (TPSA) is 44.5 Å². The zero-order valence-electron chi connectivity index (χ0n) is 6.93. The molecule has 1 aromatic rings. The third kappa shape index (κ3) is 1.56. The second-order valence-corrected chi connectivity index (χ2v) is 2.64. The first-order valence-corrected chi connectivity index (χ1v) is 3.74. The van der Waals surface area contributed by atoms with Gasteiger partial charge in [0.15, 0.2) is 11.5 Å². The Labute approximate surface area is 76.0 Å². The third-order valence-electron chi connectivity index (χ3n) is 1.50. The molecule has 0 aliphatic rings. The molecule has 0 heterocycles. The quantitative estimate of drug-likeness (QED) is 0.720. The molecule has 0 fully saturated rings. The van der Waals surface area contributed by atoms with Crippen LogP contribution in [0.4, 0.5) is 5.69 Å². The van der Waals surface area contributed by atoms with E-state index in [2.05, 4.69) is 0 Å². The summed E-state index contributed by atoms with van der Waals surface area (Å²) >= 11 is 5.76. The summed E-state index contributed by atoms with van der Waals surface area (Å²) in [6, 6.07) is 3.25. The highest BCUT2D eigenvalue weighted by Gasteiger charge is 2.06. The summed E-state index contributed by atoms with van der Waals surface area (Å²) < 4.78 is 10.0. The second-order valence-electron chi connectivity index (χ2n) is 2.23. The van der Waals surface area contributed by atoms with Crippen LogP contribution in [0.15, 0.2) is 12.1 Å². The van der Waals surface area contributed by atoms with Gasteiger partial charge < -0.3 is 15.2 Å². The molecule has 0 aliphatic carbocycles. The van der Waals surface area contributed by atoms with Crippen molar-refractivity contribution in [2.45, 2.75) is 0 Å². The maximum Gasteiger partial charge on any atom is 0.162 e. The van der Waals surface area contributed by atoms with Crippen molar-refractivity contribution in [3.05, 3.63) is 17.2 Å². The molecule has 0 spiro atoms. The molecular formula is C8H10ClNO2. The monoisotopic (exact) mass is 187 g/mol. The number of hydrogen-bond acceptors (Lipinski definition) is 3. The van der Waals surface area contributed by atoms with Gasteiger partial charge in [0.2, 0.25) is 0 Å². The minimum absolute atomic E-state index is 0.465. The number of anilines is 1. The lowest BCUT2D eigenvalue weighted by Gasteiger charge is -2.08. The van der Waals surface area contributed by atoms with E-state index in [0.29, 0.717) is 22.2 Å². The van der Waals surface area contributed by atoms with Crippen molar-refractivity contribution >= 4 is 17.3 Å². The van der Waals surface area contributed by atoms with Gasteiger partial charge in [-0.25, -0.2) is 0 Å². The van der Waals surface area contributed by atoms with Gasteiger partial charge in [0.1, 0.15) is 0 Å². The summed E-state index contributed by atoms with van der Waals surface area (Å²) in [5, 5.41) is 0.465. The van der Waals surface area contributed by atoms with Gasteiger partial charge in [-0.2, -0.15) is 0 Å². The van der Waals surface area contributed by atoms with E-state index >= 15 is 0 Å². The molecule has 0 atom stereocenters. The molecule has 0 saturated heterocycles. The van der Waals surface area contributed by atoms with Gasteiger partial charge in [-0.05, 0) is 0 Å². The first-order valence-electron chi connectivity index (χ1n) is 3.36. The van der Waals surface area contributed by atoms with Crippen molar-refractivity contribution in [3.8, 4) is 11.5 Å². The van der Waals surface area contributed by atoms with Gasteiger partial charge >= 0.3 is 0 Å². The van der Waals surface area contributed by atoms with Crippen molar-refractivity contribution < 1.29 is 9.47 Å². The Morgan fingerprint density at radius 3 is 2.17 bits per heavy atom. The summed E-state index contributed by atoms with van der Waals surface area (Å²) in [6.45, 7) is 0. The van der Waals surface area contributed by atoms with Crippen LogP contribution in [-0.2, 0) is 0 Å². The van der Waals surface area contributed by atoms with Crippen molar-refractivity contribution in [3.63, 3.8) is 0 Å². The predicted molar refractivity (Wildman–Crippen MR) is 49.0 cm³/mol. The summed E-state index contributed by atoms with van der Waals surface area (Å²) in [5.74, 6) is 1.16. The number of halogens is 1. The Kier molecular flexibility index (Phi) is 2.65. The molecule has 0 unspecified atom stereocenters. The standard InChI is InChI=1S/C8H10ClNO2/c1-11-7-3-5(9)6(10)4-8(7)12-2/h3-4H,10H2,1-2H3. The number of rotatable bonds is 2. The Hall–Kier alpha value is -1.09. The minimum atomic E-state index is 0.465. The van der Waals surface area contributed by atoms with Gasteiger partial charge in [0, 0.05) is 12.1 Å². The SMILES string of the molecule is COc1cc(N)c(Cl)cc1OC. The van der Waals surface area contributed by atoms with Gasteiger partial charge in [-0.3, -0.25) is 0 Å². The third-order valence-corrected chi connectivity index (χ3v) is 1.83. The van der Waals surface area contributed by atoms with E-state index in [1.165, 1.54) is 0 Å². The average molecular weight is 188 g/mol. The van der Waals surface area contributed by atoms with E-state index in [4.69, 9.17) is 26.8 Å². The number of ether oxygens (including phenoxy) is 2. The molecule has 0 aromatic heterocycles. The number of benzene rings is 1. The van der Waals surface area contributed by atoms with Crippen LogP contribution in [0.5, 0.6) is 11.5 Å². The van der Waals surface area contributed by atoms with Crippen LogP contribution in [0, 0.1) is 0 Å². The molecule has 0 saturated carbocycles. The largest absolute Gasteiger partial charge is 0.493 e. The van der Waals surface area contributed by atoms with Crippen LogP contribution < -0.4 is 15.2 Å². The van der Waals surface area contributed by atoms with Crippen LogP contribution >= 0.6 is 11.6 Å². The fraction of sp³-hybridized carbons (Fsp3) is 0.250. The Morgan fingerprint density at radius 1 is 1.17 bits per heavy atom. The van der Waals surface area contributed by atoms with Crippen LogP contribution in [0.3, 0.4) is 0 Å². The van der Waals surface area contributed by atoms with Crippen molar-refractivity contribution in [2.75, 3.05) is 20.0 Å². The lowest BCUT2D eigenvalue weighted by Crippen LogP contribution is -1.93. The normalized spacial score (nSPS) is 9.58. The van der Waals surface area contributed by atoms with Crippen LogP contribution in [0.2, 0.25) is 5.02 Å². The summed E-state index contributed by atoms with van der Waals surface area (Å²) in [4.78, 5) is 0. The summed E-state index contributed by atoms with van der Waals surface area (Å²) in [7, 11) is 3.09.